The number of carbonyl (C=O) groups is 1. The molecule has 0 spiro atoms. The standard InChI is InChI=1S/C22H23N5O2/c23-21-20(14-1-2-19-15(9-14)3-6-24-22(19)28)10-16(11-25-21)17-12-26-27(13-17)18-4-7-29-8-5-18/h1-2,9-13,18H,3-8H2,(H2,23,25)(H,24,28). The lowest BCUT2D eigenvalue weighted by atomic mass is 9.94. The van der Waals surface area contributed by atoms with E-state index in [1.165, 1.54) is 0 Å². The van der Waals surface area contributed by atoms with Gasteiger partial charge in [0.15, 0.2) is 0 Å². The summed E-state index contributed by atoms with van der Waals surface area (Å²) >= 11 is 0. The van der Waals surface area contributed by atoms with Gasteiger partial charge in [-0.3, -0.25) is 9.48 Å². The highest BCUT2D eigenvalue weighted by Crippen LogP contribution is 2.32. The summed E-state index contributed by atoms with van der Waals surface area (Å²) in [6.45, 7) is 2.22. The molecule has 29 heavy (non-hydrogen) atoms. The second-order valence-corrected chi connectivity index (χ2v) is 7.59. The Bertz CT molecular complexity index is 1070. The molecule has 1 saturated heterocycles. The Morgan fingerprint density at radius 1 is 1.07 bits per heavy atom. The lowest BCUT2D eigenvalue weighted by Gasteiger charge is -2.22. The molecule has 0 radical (unpaired) electrons. The van der Waals surface area contributed by atoms with Gasteiger partial charge in [0.2, 0.25) is 0 Å². The van der Waals surface area contributed by atoms with Crippen molar-refractivity contribution in [3.63, 3.8) is 0 Å². The number of anilines is 1. The average Bonchev–Trinajstić information content (AvgIpc) is 3.25. The van der Waals surface area contributed by atoms with Crippen molar-refractivity contribution in [3.8, 4) is 22.3 Å². The van der Waals surface area contributed by atoms with E-state index in [1.54, 1.807) is 6.20 Å². The Balaban J connectivity index is 1.48. The third-order valence-electron chi connectivity index (χ3n) is 5.76. The number of aromatic nitrogens is 3. The fourth-order valence-electron chi connectivity index (χ4n) is 4.10. The third-order valence-corrected chi connectivity index (χ3v) is 5.76. The van der Waals surface area contributed by atoms with Gasteiger partial charge in [0.25, 0.3) is 5.91 Å². The quantitative estimate of drug-likeness (QED) is 0.718. The van der Waals surface area contributed by atoms with Crippen molar-refractivity contribution in [1.82, 2.24) is 20.1 Å². The molecule has 7 heteroatoms. The van der Waals surface area contributed by atoms with Gasteiger partial charge in [-0.15, -0.1) is 0 Å². The van der Waals surface area contributed by atoms with Gasteiger partial charge in [-0.05, 0) is 42.5 Å². The summed E-state index contributed by atoms with van der Waals surface area (Å²) in [5, 5.41) is 7.44. The van der Waals surface area contributed by atoms with Gasteiger partial charge in [-0.2, -0.15) is 5.10 Å². The van der Waals surface area contributed by atoms with E-state index >= 15 is 0 Å². The molecule has 2 aliphatic heterocycles. The van der Waals surface area contributed by atoms with Crippen LogP contribution in [0.25, 0.3) is 22.3 Å². The lowest BCUT2D eigenvalue weighted by molar-refractivity contribution is 0.0662. The van der Waals surface area contributed by atoms with E-state index in [0.717, 1.165) is 65.9 Å². The zero-order valence-corrected chi connectivity index (χ0v) is 16.1. The van der Waals surface area contributed by atoms with Crippen LogP contribution >= 0.6 is 0 Å². The van der Waals surface area contributed by atoms with Crippen LogP contribution in [0.4, 0.5) is 5.82 Å². The van der Waals surface area contributed by atoms with Crippen molar-refractivity contribution in [2.75, 3.05) is 25.5 Å². The Kier molecular flexibility index (Phi) is 4.52. The van der Waals surface area contributed by atoms with Crippen LogP contribution in [0.5, 0.6) is 0 Å². The molecule has 3 N–H and O–H groups in total. The van der Waals surface area contributed by atoms with Crippen molar-refractivity contribution in [3.05, 3.63) is 54.0 Å². The molecule has 2 aliphatic rings. The molecule has 1 amide bonds. The number of pyridine rings is 1. The molecule has 0 bridgehead atoms. The van der Waals surface area contributed by atoms with Crippen molar-refractivity contribution < 1.29 is 9.53 Å². The zero-order valence-electron chi connectivity index (χ0n) is 16.1. The maximum Gasteiger partial charge on any atom is 0.251 e. The summed E-state index contributed by atoms with van der Waals surface area (Å²) in [5.74, 6) is 0.462. The van der Waals surface area contributed by atoms with E-state index in [-0.39, 0.29) is 5.91 Å². The monoisotopic (exact) mass is 389 g/mol. The van der Waals surface area contributed by atoms with Crippen LogP contribution in [0.2, 0.25) is 0 Å². The molecular formula is C22H23N5O2. The molecule has 7 nitrogen and oxygen atoms in total. The molecule has 2 aromatic heterocycles. The summed E-state index contributed by atoms with van der Waals surface area (Å²) in [5.41, 5.74) is 11.8. The normalized spacial score (nSPS) is 17.0. The molecule has 5 rings (SSSR count). The Morgan fingerprint density at radius 2 is 1.93 bits per heavy atom. The number of rotatable bonds is 3. The summed E-state index contributed by atoms with van der Waals surface area (Å²) in [6, 6.07) is 8.29. The first-order chi connectivity index (χ1) is 14.2. The van der Waals surface area contributed by atoms with Crippen molar-refractivity contribution >= 4 is 11.7 Å². The zero-order chi connectivity index (χ0) is 19.8. The highest BCUT2D eigenvalue weighted by molar-refractivity contribution is 5.97. The van der Waals surface area contributed by atoms with Gasteiger partial charge >= 0.3 is 0 Å². The van der Waals surface area contributed by atoms with E-state index in [2.05, 4.69) is 33.7 Å². The van der Waals surface area contributed by atoms with E-state index < -0.39 is 0 Å². The first-order valence-corrected chi connectivity index (χ1v) is 9.98. The highest BCUT2D eigenvalue weighted by Gasteiger charge is 2.19. The Hall–Kier alpha value is -3.19. The minimum absolute atomic E-state index is 0.0156. The van der Waals surface area contributed by atoms with Crippen molar-refractivity contribution in [1.29, 1.82) is 0 Å². The number of fused-ring (bicyclic) bond motifs is 1. The van der Waals surface area contributed by atoms with Crippen molar-refractivity contribution in [2.24, 2.45) is 0 Å². The summed E-state index contributed by atoms with van der Waals surface area (Å²) in [6.07, 6.45) is 8.52. The number of nitrogens with zero attached hydrogens (tertiary/aromatic N) is 3. The molecular weight excluding hydrogens is 366 g/mol. The molecule has 148 valence electrons. The number of nitrogens with one attached hydrogen (secondary N) is 1. The van der Waals surface area contributed by atoms with Gasteiger partial charge in [0, 0.05) is 54.4 Å². The Morgan fingerprint density at radius 3 is 2.79 bits per heavy atom. The molecule has 4 heterocycles. The second-order valence-electron chi connectivity index (χ2n) is 7.59. The van der Waals surface area contributed by atoms with Crippen LogP contribution in [0, 0.1) is 0 Å². The fourth-order valence-corrected chi connectivity index (χ4v) is 4.10. The molecule has 1 aromatic carbocycles. The van der Waals surface area contributed by atoms with Gasteiger partial charge in [-0.1, -0.05) is 12.1 Å². The molecule has 3 aromatic rings. The number of nitrogen functional groups attached to an aromatic ring is 1. The van der Waals surface area contributed by atoms with Gasteiger partial charge < -0.3 is 15.8 Å². The smallest absolute Gasteiger partial charge is 0.251 e. The Labute approximate surface area is 168 Å². The van der Waals surface area contributed by atoms with Gasteiger partial charge in [-0.25, -0.2) is 4.98 Å². The summed E-state index contributed by atoms with van der Waals surface area (Å²) in [4.78, 5) is 16.4. The van der Waals surface area contributed by atoms with E-state index in [9.17, 15) is 4.79 Å². The topological polar surface area (TPSA) is 95.1 Å². The molecule has 0 aliphatic carbocycles. The lowest BCUT2D eigenvalue weighted by Crippen LogP contribution is -2.31. The van der Waals surface area contributed by atoms with Crippen LogP contribution in [0.15, 0.2) is 42.9 Å². The van der Waals surface area contributed by atoms with Crippen LogP contribution in [0.3, 0.4) is 0 Å². The number of amides is 1. The minimum atomic E-state index is -0.0156. The molecule has 0 unspecified atom stereocenters. The number of carbonyl (C=O) groups excluding carboxylic acids is 1. The largest absolute Gasteiger partial charge is 0.383 e. The maximum absolute atomic E-state index is 12.0. The van der Waals surface area contributed by atoms with Gasteiger partial charge in [0.1, 0.15) is 5.82 Å². The minimum Gasteiger partial charge on any atom is -0.383 e. The molecule has 0 atom stereocenters. The molecule has 1 fully saturated rings. The van der Waals surface area contributed by atoms with Crippen molar-refractivity contribution in [2.45, 2.75) is 25.3 Å². The number of nitrogens with two attached hydrogens (primary N) is 1. The predicted octanol–water partition coefficient (Wildman–Crippen LogP) is 2.83. The van der Waals surface area contributed by atoms with E-state index in [4.69, 9.17) is 10.5 Å². The first-order valence-electron chi connectivity index (χ1n) is 9.98. The SMILES string of the molecule is Nc1ncc(-c2cnn(C3CCOCC3)c2)cc1-c1ccc2c(c1)CCNC2=O. The number of hydrogen-bond donors (Lipinski definition) is 2. The summed E-state index contributed by atoms with van der Waals surface area (Å²) < 4.78 is 7.48. The predicted molar refractivity (Wildman–Crippen MR) is 110 cm³/mol. The van der Waals surface area contributed by atoms with Crippen LogP contribution in [-0.4, -0.2) is 40.4 Å². The average molecular weight is 389 g/mol. The van der Waals surface area contributed by atoms with Crippen LogP contribution in [-0.2, 0) is 11.2 Å². The molecule has 0 saturated carbocycles. The third kappa shape index (κ3) is 3.38. The fraction of sp³-hybridized carbons (Fsp3) is 0.318. The van der Waals surface area contributed by atoms with Crippen LogP contribution < -0.4 is 11.1 Å². The maximum atomic E-state index is 12.0. The highest BCUT2D eigenvalue weighted by atomic mass is 16.5. The van der Waals surface area contributed by atoms with Crippen LogP contribution in [0.1, 0.15) is 34.8 Å². The summed E-state index contributed by atoms with van der Waals surface area (Å²) in [7, 11) is 0. The van der Waals surface area contributed by atoms with E-state index in [0.29, 0.717) is 18.4 Å². The van der Waals surface area contributed by atoms with Gasteiger partial charge in [0.05, 0.1) is 12.2 Å². The van der Waals surface area contributed by atoms with E-state index in [1.807, 2.05) is 23.0 Å². The number of hydrogen-bond acceptors (Lipinski definition) is 5. The second kappa shape index (κ2) is 7.33. The first kappa shape index (κ1) is 17.9. The number of benzene rings is 1. The number of ether oxygens (including phenoxy) is 1.